The summed E-state index contributed by atoms with van der Waals surface area (Å²) >= 11 is 0. The number of carbonyl (C=O) groups is 3. The number of aromatic nitrogens is 2. The number of carbonyl (C=O) groups excluding carboxylic acids is 3. The van der Waals surface area contributed by atoms with Gasteiger partial charge in [0.2, 0.25) is 5.82 Å². The van der Waals surface area contributed by atoms with Gasteiger partial charge in [0.15, 0.2) is 11.4 Å². The molecule has 11 nitrogen and oxygen atoms in total. The number of fused-ring (bicyclic) bond motifs is 3. The van der Waals surface area contributed by atoms with Crippen LogP contribution in [0.5, 0.6) is 0 Å². The number of furan rings is 1. The van der Waals surface area contributed by atoms with Crippen LogP contribution in [0.1, 0.15) is 45.9 Å². The van der Waals surface area contributed by atoms with Crippen molar-refractivity contribution >= 4 is 45.7 Å². The highest BCUT2D eigenvalue weighted by Gasteiger charge is 2.48. The summed E-state index contributed by atoms with van der Waals surface area (Å²) in [5, 5.41) is 10.9. The van der Waals surface area contributed by atoms with Crippen molar-refractivity contribution in [2.75, 3.05) is 32.1 Å². The van der Waals surface area contributed by atoms with Crippen molar-refractivity contribution in [3.63, 3.8) is 0 Å². The maximum Gasteiger partial charge on any atom is 0.383 e. The van der Waals surface area contributed by atoms with E-state index in [2.05, 4.69) is 14.7 Å². The minimum atomic E-state index is -4.17. The number of hydrogen-bond acceptors (Lipinski definition) is 10. The summed E-state index contributed by atoms with van der Waals surface area (Å²) in [7, 11) is 2.40. The topological polar surface area (TPSA) is 135 Å². The minimum absolute atomic E-state index is 0.0196. The zero-order valence-corrected chi connectivity index (χ0v) is 22.9. The molecule has 0 saturated carbocycles. The normalized spacial score (nSPS) is 17.9. The number of halogens is 2. The number of amides is 1. The van der Waals surface area contributed by atoms with Crippen LogP contribution in [-0.2, 0) is 29.8 Å². The first-order chi connectivity index (χ1) is 18.7. The van der Waals surface area contributed by atoms with Gasteiger partial charge in [-0.25, -0.2) is 14.8 Å². The summed E-state index contributed by atoms with van der Waals surface area (Å²) in [6, 6.07) is 5.59. The van der Waals surface area contributed by atoms with Crippen molar-refractivity contribution < 1.29 is 42.2 Å². The molecule has 2 atom stereocenters. The summed E-state index contributed by atoms with van der Waals surface area (Å²) in [6.07, 6.45) is -0.921. The van der Waals surface area contributed by atoms with E-state index in [1.807, 2.05) is 0 Å². The number of alkyl halides is 2. The molecule has 1 amide bonds. The third-order valence-corrected chi connectivity index (χ3v) is 6.43. The van der Waals surface area contributed by atoms with Crippen LogP contribution < -0.4 is 4.90 Å². The second kappa shape index (κ2) is 11.0. The van der Waals surface area contributed by atoms with Crippen molar-refractivity contribution in [3.05, 3.63) is 30.1 Å². The Balaban J connectivity index is 1.78. The standard InChI is InChI=1S/C27H32F2N4O7/c1-26(2,3)40-23(36)17-13-15(34)14-33(17)22-21-20(16-9-6-7-10-18(16)39-21)30-24(31-22)27(28,29)25(37)32(4)12-8-11-19(35)38-5/h6-7,9-10,15,17,34H,8,11-14H2,1-5H3/t15-,17-/m0/s1. The van der Waals surface area contributed by atoms with Gasteiger partial charge in [0.25, 0.3) is 0 Å². The van der Waals surface area contributed by atoms with Gasteiger partial charge in [-0.1, -0.05) is 12.1 Å². The average Bonchev–Trinajstić information content (AvgIpc) is 3.47. The van der Waals surface area contributed by atoms with E-state index in [9.17, 15) is 19.5 Å². The third kappa shape index (κ3) is 5.83. The molecule has 1 aliphatic rings. The Morgan fingerprint density at radius 1 is 1.20 bits per heavy atom. The molecule has 3 aromatic rings. The predicted octanol–water partition coefficient (Wildman–Crippen LogP) is 3.16. The molecule has 0 aliphatic carbocycles. The van der Waals surface area contributed by atoms with Crippen LogP contribution in [0.15, 0.2) is 28.7 Å². The molecule has 0 unspecified atom stereocenters. The first-order valence-electron chi connectivity index (χ1n) is 12.8. The second-order valence-electron chi connectivity index (χ2n) is 10.7. The second-order valence-corrected chi connectivity index (χ2v) is 10.7. The van der Waals surface area contributed by atoms with Crippen LogP contribution in [0.3, 0.4) is 0 Å². The van der Waals surface area contributed by atoms with E-state index < -0.39 is 47.3 Å². The van der Waals surface area contributed by atoms with E-state index in [0.717, 1.165) is 4.90 Å². The number of hydrogen-bond donors (Lipinski definition) is 1. The largest absolute Gasteiger partial charge is 0.469 e. The quantitative estimate of drug-likeness (QED) is 0.408. The van der Waals surface area contributed by atoms with Crippen molar-refractivity contribution in [3.8, 4) is 0 Å². The Hall–Kier alpha value is -3.87. The van der Waals surface area contributed by atoms with Gasteiger partial charge in [0.05, 0.1) is 13.2 Å². The van der Waals surface area contributed by atoms with E-state index in [1.54, 1.807) is 45.0 Å². The fourth-order valence-corrected chi connectivity index (χ4v) is 4.55. The highest BCUT2D eigenvalue weighted by atomic mass is 19.3. The van der Waals surface area contributed by atoms with Crippen molar-refractivity contribution in [1.82, 2.24) is 14.9 Å². The molecule has 0 spiro atoms. The first kappa shape index (κ1) is 29.1. The molecule has 2 aromatic heterocycles. The Labute approximate surface area is 229 Å². The number of para-hydroxylation sites is 1. The lowest BCUT2D eigenvalue weighted by molar-refractivity contribution is -0.159. The number of anilines is 1. The highest BCUT2D eigenvalue weighted by Crippen LogP contribution is 2.39. The molecule has 1 fully saturated rings. The smallest absolute Gasteiger partial charge is 0.383 e. The Morgan fingerprint density at radius 2 is 1.90 bits per heavy atom. The molecule has 40 heavy (non-hydrogen) atoms. The zero-order chi connectivity index (χ0) is 29.4. The van der Waals surface area contributed by atoms with Gasteiger partial charge in [0.1, 0.15) is 22.7 Å². The van der Waals surface area contributed by atoms with E-state index in [1.165, 1.54) is 19.1 Å². The van der Waals surface area contributed by atoms with E-state index in [0.29, 0.717) is 11.0 Å². The van der Waals surface area contributed by atoms with Crippen molar-refractivity contribution in [2.24, 2.45) is 0 Å². The zero-order valence-electron chi connectivity index (χ0n) is 22.9. The summed E-state index contributed by atoms with van der Waals surface area (Å²) in [5.41, 5.74) is -0.434. The summed E-state index contributed by atoms with van der Waals surface area (Å²) in [4.78, 5) is 47.6. The van der Waals surface area contributed by atoms with Gasteiger partial charge < -0.3 is 28.8 Å². The van der Waals surface area contributed by atoms with Crippen molar-refractivity contribution in [1.29, 1.82) is 0 Å². The molecule has 216 valence electrons. The number of esters is 2. The maximum absolute atomic E-state index is 15.7. The molecule has 3 heterocycles. The van der Waals surface area contributed by atoms with Gasteiger partial charge in [-0.15, -0.1) is 0 Å². The summed E-state index contributed by atoms with van der Waals surface area (Å²) < 4.78 is 47.4. The lowest BCUT2D eigenvalue weighted by Crippen LogP contribution is -2.43. The van der Waals surface area contributed by atoms with Crippen LogP contribution in [0, 0.1) is 0 Å². The van der Waals surface area contributed by atoms with Crippen LogP contribution in [-0.4, -0.2) is 82.8 Å². The Bertz CT molecular complexity index is 1440. The number of β-amino-alcohol motifs (C(OH)–C–C–N with tert-alkyl or cyclic N) is 1. The molecular formula is C27H32F2N4O7. The summed E-state index contributed by atoms with van der Waals surface area (Å²) in [5.74, 6) is -8.17. The molecule has 0 bridgehead atoms. The number of aliphatic hydroxyl groups is 1. The Morgan fingerprint density at radius 3 is 2.58 bits per heavy atom. The molecule has 1 saturated heterocycles. The number of likely N-dealkylation sites (N-methyl/N-ethyl adjacent to an activating group) is 1. The van der Waals surface area contributed by atoms with Gasteiger partial charge >= 0.3 is 23.8 Å². The van der Waals surface area contributed by atoms with Gasteiger partial charge in [-0.05, 0) is 39.3 Å². The number of nitrogens with zero attached hydrogens (tertiary/aromatic N) is 4. The van der Waals surface area contributed by atoms with E-state index in [4.69, 9.17) is 9.15 Å². The average molecular weight is 563 g/mol. The monoisotopic (exact) mass is 562 g/mol. The van der Waals surface area contributed by atoms with E-state index in [-0.39, 0.29) is 49.3 Å². The number of methoxy groups -OCH3 is 1. The molecule has 1 aliphatic heterocycles. The molecule has 1 N–H and O–H groups in total. The van der Waals surface area contributed by atoms with E-state index >= 15 is 8.78 Å². The first-order valence-corrected chi connectivity index (χ1v) is 12.8. The molecule has 4 rings (SSSR count). The van der Waals surface area contributed by atoms with Gasteiger partial charge in [-0.2, -0.15) is 8.78 Å². The third-order valence-electron chi connectivity index (χ3n) is 6.43. The van der Waals surface area contributed by atoms with Crippen LogP contribution >= 0.6 is 0 Å². The SMILES string of the molecule is COC(=O)CCCN(C)C(=O)C(F)(F)c1nc(N2C[C@@H](O)C[C@H]2C(=O)OC(C)(C)C)c2oc3ccccc3c2n1. The fraction of sp³-hybridized carbons (Fsp3) is 0.519. The van der Waals surface area contributed by atoms with Crippen LogP contribution in [0.25, 0.3) is 22.1 Å². The predicted molar refractivity (Wildman–Crippen MR) is 140 cm³/mol. The van der Waals surface area contributed by atoms with Crippen LogP contribution in [0.2, 0.25) is 0 Å². The van der Waals surface area contributed by atoms with Gasteiger partial charge in [-0.3, -0.25) is 9.59 Å². The summed E-state index contributed by atoms with van der Waals surface area (Å²) in [6.45, 7) is 4.82. The van der Waals surface area contributed by atoms with Crippen molar-refractivity contribution in [2.45, 2.75) is 63.7 Å². The lowest BCUT2D eigenvalue weighted by atomic mass is 10.1. The lowest BCUT2D eigenvalue weighted by Gasteiger charge is -2.28. The van der Waals surface area contributed by atoms with Crippen LogP contribution in [0.4, 0.5) is 14.6 Å². The number of ether oxygens (including phenoxy) is 2. The van der Waals surface area contributed by atoms with Gasteiger partial charge in [0, 0.05) is 38.4 Å². The maximum atomic E-state index is 15.7. The molecular weight excluding hydrogens is 530 g/mol. The minimum Gasteiger partial charge on any atom is -0.469 e. The molecule has 13 heteroatoms. The highest BCUT2D eigenvalue weighted by molar-refractivity contribution is 6.06. The molecule has 1 aromatic carbocycles. The number of rotatable bonds is 8. The number of benzene rings is 1. The number of aliphatic hydroxyl groups excluding tert-OH is 1. The Kier molecular flexibility index (Phi) is 7.97. The fourth-order valence-electron chi connectivity index (χ4n) is 4.55. The molecule has 0 radical (unpaired) electrons.